The summed E-state index contributed by atoms with van der Waals surface area (Å²) in [5.74, 6) is -0.652. The predicted octanol–water partition coefficient (Wildman–Crippen LogP) is 4.99. The molecule has 1 amide bonds. The summed E-state index contributed by atoms with van der Waals surface area (Å²) in [5, 5.41) is 5.04. The highest BCUT2D eigenvalue weighted by atomic mass is 35.5. The molecule has 31 heavy (non-hydrogen) atoms. The van der Waals surface area contributed by atoms with Crippen LogP contribution < -0.4 is 9.73 Å². The molecular weight excluding hydrogens is 481 g/mol. The van der Waals surface area contributed by atoms with Gasteiger partial charge in [-0.1, -0.05) is 59.1 Å². The molecule has 10 heteroatoms. The lowest BCUT2D eigenvalue weighted by Crippen LogP contribution is -2.39. The molecule has 0 saturated carbocycles. The summed E-state index contributed by atoms with van der Waals surface area (Å²) in [4.78, 5) is 12.5. The van der Waals surface area contributed by atoms with E-state index < -0.39 is 22.5 Å². The number of amides is 1. The standard InChI is InChI=1S/C21H16Cl3N3O3S/c22-16-8-10-19(11-9-16)31(29,30)27(18-6-3-5-17(23)12-18)14-21(28)26-25-13-15-4-1-2-7-20(15)24/h1-13H,14H2,(H,26,28)/b25-13-. The zero-order chi connectivity index (χ0) is 22.4. The van der Waals surface area contributed by atoms with Crippen LogP contribution in [0.1, 0.15) is 5.56 Å². The molecule has 0 aliphatic heterocycles. The second kappa shape index (κ2) is 10.2. The molecule has 6 nitrogen and oxygen atoms in total. The van der Waals surface area contributed by atoms with Gasteiger partial charge in [0.1, 0.15) is 6.54 Å². The minimum Gasteiger partial charge on any atom is -0.271 e. The van der Waals surface area contributed by atoms with Gasteiger partial charge < -0.3 is 0 Å². The molecule has 0 unspecified atom stereocenters. The summed E-state index contributed by atoms with van der Waals surface area (Å²) < 4.78 is 27.4. The van der Waals surface area contributed by atoms with Crippen LogP contribution in [0.25, 0.3) is 0 Å². The lowest BCUT2D eigenvalue weighted by atomic mass is 10.2. The van der Waals surface area contributed by atoms with Crippen LogP contribution in [0.2, 0.25) is 15.1 Å². The van der Waals surface area contributed by atoms with E-state index in [4.69, 9.17) is 34.8 Å². The average molecular weight is 497 g/mol. The first-order valence-electron chi connectivity index (χ1n) is 8.88. The van der Waals surface area contributed by atoms with Crippen molar-refractivity contribution in [1.82, 2.24) is 5.43 Å². The second-order valence-electron chi connectivity index (χ2n) is 6.26. The van der Waals surface area contributed by atoms with E-state index in [2.05, 4.69) is 10.5 Å². The molecular formula is C21H16Cl3N3O3S. The van der Waals surface area contributed by atoms with E-state index in [1.165, 1.54) is 36.5 Å². The highest BCUT2D eigenvalue weighted by molar-refractivity contribution is 7.92. The Morgan fingerprint density at radius 1 is 0.935 bits per heavy atom. The minimum atomic E-state index is -4.08. The van der Waals surface area contributed by atoms with E-state index in [0.717, 1.165) is 4.31 Å². The molecule has 0 radical (unpaired) electrons. The maximum absolute atomic E-state index is 13.2. The Labute approximate surface area is 195 Å². The van der Waals surface area contributed by atoms with Crippen molar-refractivity contribution in [1.29, 1.82) is 0 Å². The molecule has 0 aliphatic rings. The predicted molar refractivity (Wildman–Crippen MR) is 125 cm³/mol. The Hall–Kier alpha value is -2.58. The Morgan fingerprint density at radius 2 is 1.65 bits per heavy atom. The molecule has 0 aromatic heterocycles. The first-order chi connectivity index (χ1) is 14.8. The Balaban J connectivity index is 1.86. The van der Waals surface area contributed by atoms with E-state index in [1.807, 2.05) is 0 Å². The summed E-state index contributed by atoms with van der Waals surface area (Å²) in [6.45, 7) is -0.523. The molecule has 1 N–H and O–H groups in total. The van der Waals surface area contributed by atoms with Crippen LogP contribution in [-0.4, -0.2) is 27.1 Å². The number of sulfonamides is 1. The Bertz CT molecular complexity index is 1220. The number of nitrogens with one attached hydrogen (secondary N) is 1. The third-order valence-corrected chi connectivity index (χ3v) is 6.70. The maximum atomic E-state index is 13.2. The lowest BCUT2D eigenvalue weighted by Gasteiger charge is -2.23. The van der Waals surface area contributed by atoms with Gasteiger partial charge in [0.05, 0.1) is 16.8 Å². The van der Waals surface area contributed by atoms with E-state index in [-0.39, 0.29) is 10.6 Å². The maximum Gasteiger partial charge on any atom is 0.264 e. The molecule has 3 aromatic carbocycles. The van der Waals surface area contributed by atoms with Crippen LogP contribution in [0.5, 0.6) is 0 Å². The van der Waals surface area contributed by atoms with E-state index in [0.29, 0.717) is 20.6 Å². The van der Waals surface area contributed by atoms with Gasteiger partial charge in [-0.15, -0.1) is 0 Å². The quantitative estimate of drug-likeness (QED) is 0.370. The third kappa shape index (κ3) is 5.98. The number of nitrogens with zero attached hydrogens (tertiary/aromatic N) is 2. The van der Waals surface area contributed by atoms with Gasteiger partial charge in [-0.3, -0.25) is 9.10 Å². The normalized spacial score (nSPS) is 11.5. The monoisotopic (exact) mass is 495 g/mol. The minimum absolute atomic E-state index is 0.0238. The number of benzene rings is 3. The van der Waals surface area contributed by atoms with E-state index in [9.17, 15) is 13.2 Å². The van der Waals surface area contributed by atoms with Gasteiger partial charge in [0.15, 0.2) is 0 Å². The van der Waals surface area contributed by atoms with Crippen molar-refractivity contribution < 1.29 is 13.2 Å². The number of halogens is 3. The van der Waals surface area contributed by atoms with Gasteiger partial charge in [0.2, 0.25) is 0 Å². The number of anilines is 1. The summed E-state index contributed by atoms with van der Waals surface area (Å²) in [6, 6.07) is 18.8. The van der Waals surface area contributed by atoms with Crippen molar-refractivity contribution in [3.63, 3.8) is 0 Å². The van der Waals surface area contributed by atoms with Crippen molar-refractivity contribution in [2.24, 2.45) is 5.10 Å². The van der Waals surface area contributed by atoms with Crippen molar-refractivity contribution >= 4 is 62.6 Å². The van der Waals surface area contributed by atoms with Crippen LogP contribution in [-0.2, 0) is 14.8 Å². The van der Waals surface area contributed by atoms with Crippen molar-refractivity contribution in [3.8, 4) is 0 Å². The molecule has 0 aliphatic carbocycles. The first kappa shape index (κ1) is 23.1. The van der Waals surface area contributed by atoms with Crippen LogP contribution in [0.15, 0.2) is 82.8 Å². The van der Waals surface area contributed by atoms with Crippen LogP contribution in [0.3, 0.4) is 0 Å². The van der Waals surface area contributed by atoms with E-state index >= 15 is 0 Å². The van der Waals surface area contributed by atoms with Crippen LogP contribution in [0, 0.1) is 0 Å². The average Bonchev–Trinajstić information content (AvgIpc) is 2.73. The lowest BCUT2D eigenvalue weighted by molar-refractivity contribution is -0.119. The Morgan fingerprint density at radius 3 is 2.32 bits per heavy atom. The fraction of sp³-hybridized carbons (Fsp3) is 0.0476. The number of hydrogen-bond donors (Lipinski definition) is 1. The molecule has 0 spiro atoms. The summed E-state index contributed by atoms with van der Waals surface area (Å²) in [6.07, 6.45) is 1.37. The fourth-order valence-electron chi connectivity index (χ4n) is 2.60. The molecule has 0 bridgehead atoms. The number of carbonyl (C=O) groups excluding carboxylic acids is 1. The van der Waals surface area contributed by atoms with E-state index in [1.54, 1.807) is 42.5 Å². The van der Waals surface area contributed by atoms with Gasteiger partial charge in [0, 0.05) is 20.6 Å². The van der Waals surface area contributed by atoms with Gasteiger partial charge in [0.25, 0.3) is 15.9 Å². The van der Waals surface area contributed by atoms with Gasteiger partial charge in [-0.2, -0.15) is 5.10 Å². The molecule has 0 atom stereocenters. The van der Waals surface area contributed by atoms with Crippen LogP contribution in [0.4, 0.5) is 5.69 Å². The topological polar surface area (TPSA) is 78.8 Å². The molecule has 160 valence electrons. The van der Waals surface area contributed by atoms with Crippen molar-refractivity contribution in [2.75, 3.05) is 10.8 Å². The Kier molecular flexibility index (Phi) is 7.56. The smallest absolute Gasteiger partial charge is 0.264 e. The summed E-state index contributed by atoms with van der Waals surface area (Å²) >= 11 is 17.9. The molecule has 3 aromatic rings. The van der Waals surface area contributed by atoms with Gasteiger partial charge in [-0.25, -0.2) is 13.8 Å². The van der Waals surface area contributed by atoms with Crippen molar-refractivity contribution in [2.45, 2.75) is 4.90 Å². The van der Waals surface area contributed by atoms with Crippen LogP contribution >= 0.6 is 34.8 Å². The summed E-state index contributed by atoms with van der Waals surface area (Å²) in [7, 11) is -4.08. The zero-order valence-electron chi connectivity index (χ0n) is 15.9. The number of hydrazone groups is 1. The second-order valence-corrected chi connectivity index (χ2v) is 9.40. The largest absolute Gasteiger partial charge is 0.271 e. The summed E-state index contributed by atoms with van der Waals surface area (Å²) in [5.41, 5.74) is 3.15. The zero-order valence-corrected chi connectivity index (χ0v) is 19.0. The van der Waals surface area contributed by atoms with Crippen molar-refractivity contribution in [3.05, 3.63) is 93.4 Å². The fourth-order valence-corrected chi connectivity index (χ4v) is 4.51. The number of hydrogen-bond acceptors (Lipinski definition) is 4. The number of rotatable bonds is 7. The molecule has 0 saturated heterocycles. The first-order valence-corrected chi connectivity index (χ1v) is 11.4. The third-order valence-electron chi connectivity index (χ3n) is 4.08. The highest BCUT2D eigenvalue weighted by Crippen LogP contribution is 2.26. The van der Waals surface area contributed by atoms with Gasteiger partial charge >= 0.3 is 0 Å². The molecule has 0 fully saturated rings. The number of carbonyl (C=O) groups is 1. The highest BCUT2D eigenvalue weighted by Gasteiger charge is 2.27. The molecule has 0 heterocycles. The SMILES string of the molecule is O=C(CN(c1cccc(Cl)c1)S(=O)(=O)c1ccc(Cl)cc1)N/N=C\c1ccccc1Cl. The molecule has 3 rings (SSSR count). The van der Waals surface area contributed by atoms with Gasteiger partial charge in [-0.05, 0) is 48.5 Å².